The molecule has 5 nitrogen and oxygen atoms in total. The highest BCUT2D eigenvalue weighted by Gasteiger charge is 2.30. The van der Waals surface area contributed by atoms with Crippen LogP contribution >= 0.6 is 0 Å². The Morgan fingerprint density at radius 3 is 2.60 bits per heavy atom. The number of ether oxygens (including phenoxy) is 3. The molecule has 5 rings (SSSR count). The molecule has 0 saturated carbocycles. The van der Waals surface area contributed by atoms with Crippen molar-refractivity contribution < 1.29 is 19.0 Å². The Balaban J connectivity index is 1.40. The van der Waals surface area contributed by atoms with Gasteiger partial charge in [-0.25, -0.2) is 0 Å². The lowest BCUT2D eigenvalue weighted by Crippen LogP contribution is -2.09. The van der Waals surface area contributed by atoms with Crippen LogP contribution < -0.4 is 9.47 Å². The molecular formula is C30H29NO4. The van der Waals surface area contributed by atoms with Gasteiger partial charge in [0, 0.05) is 17.5 Å². The van der Waals surface area contributed by atoms with Crippen molar-refractivity contribution in [2.45, 2.75) is 51.6 Å². The summed E-state index contributed by atoms with van der Waals surface area (Å²) in [7, 11) is 1.41. The van der Waals surface area contributed by atoms with Crippen LogP contribution in [0.2, 0.25) is 0 Å². The highest BCUT2D eigenvalue weighted by atomic mass is 16.5. The third kappa shape index (κ3) is 4.37. The van der Waals surface area contributed by atoms with Crippen LogP contribution in [0.1, 0.15) is 69.4 Å². The molecule has 0 spiro atoms. The molecule has 2 aliphatic rings. The Morgan fingerprint density at radius 1 is 1.09 bits per heavy atom. The number of hydrogen-bond acceptors (Lipinski definition) is 5. The minimum Gasteiger partial charge on any atom is -0.492 e. The van der Waals surface area contributed by atoms with Gasteiger partial charge in [-0.1, -0.05) is 30.3 Å². The fourth-order valence-electron chi connectivity index (χ4n) is 5.42. The van der Waals surface area contributed by atoms with E-state index in [1.807, 2.05) is 24.3 Å². The van der Waals surface area contributed by atoms with E-state index in [1.165, 1.54) is 29.4 Å². The second-order valence-electron chi connectivity index (χ2n) is 9.45. The van der Waals surface area contributed by atoms with E-state index >= 15 is 0 Å². The molecule has 0 radical (unpaired) electrons. The Kier molecular flexibility index (Phi) is 6.21. The molecule has 0 N–H and O–H groups in total. The number of carbonyl (C=O) groups excluding carboxylic acids is 1. The van der Waals surface area contributed by atoms with Crippen LogP contribution in [-0.4, -0.2) is 19.7 Å². The van der Waals surface area contributed by atoms with Gasteiger partial charge in [0.25, 0.3) is 0 Å². The van der Waals surface area contributed by atoms with Crippen molar-refractivity contribution in [3.05, 3.63) is 93.0 Å². The quantitative estimate of drug-likeness (QED) is 0.424. The molecular weight excluding hydrogens is 438 g/mol. The van der Waals surface area contributed by atoms with Gasteiger partial charge in [-0.3, -0.25) is 4.79 Å². The predicted octanol–water partition coefficient (Wildman–Crippen LogP) is 5.87. The fraction of sp³-hybridized carbons (Fsp3) is 0.333. The number of fused-ring (bicyclic) bond motifs is 2. The van der Waals surface area contributed by atoms with Gasteiger partial charge >= 0.3 is 5.97 Å². The minimum absolute atomic E-state index is 0.00978. The summed E-state index contributed by atoms with van der Waals surface area (Å²) in [5.41, 5.74) is 9.08. The van der Waals surface area contributed by atoms with Crippen molar-refractivity contribution in [1.29, 1.82) is 5.26 Å². The van der Waals surface area contributed by atoms with Gasteiger partial charge in [-0.2, -0.15) is 5.26 Å². The van der Waals surface area contributed by atoms with E-state index in [9.17, 15) is 10.1 Å². The summed E-state index contributed by atoms with van der Waals surface area (Å²) in [6.07, 6.45) is 2.75. The molecule has 0 bridgehead atoms. The van der Waals surface area contributed by atoms with E-state index in [0.29, 0.717) is 13.0 Å². The predicted molar refractivity (Wildman–Crippen MR) is 133 cm³/mol. The van der Waals surface area contributed by atoms with Crippen LogP contribution in [0.25, 0.3) is 0 Å². The van der Waals surface area contributed by atoms with Gasteiger partial charge < -0.3 is 14.2 Å². The van der Waals surface area contributed by atoms with Crippen LogP contribution in [0.4, 0.5) is 0 Å². The summed E-state index contributed by atoms with van der Waals surface area (Å²) >= 11 is 0. The van der Waals surface area contributed by atoms with E-state index in [-0.39, 0.29) is 18.0 Å². The molecule has 35 heavy (non-hydrogen) atoms. The number of nitriles is 1. The summed E-state index contributed by atoms with van der Waals surface area (Å²) in [4.78, 5) is 11.7. The molecule has 0 unspecified atom stereocenters. The van der Waals surface area contributed by atoms with Crippen molar-refractivity contribution >= 4 is 5.97 Å². The van der Waals surface area contributed by atoms with Crippen molar-refractivity contribution in [1.82, 2.24) is 0 Å². The molecule has 1 aliphatic heterocycles. The van der Waals surface area contributed by atoms with E-state index < -0.39 is 0 Å². The number of nitrogens with zero attached hydrogens (tertiary/aromatic N) is 1. The van der Waals surface area contributed by atoms with Crippen LogP contribution in [0.15, 0.2) is 48.5 Å². The van der Waals surface area contributed by atoms with Gasteiger partial charge in [0.15, 0.2) is 0 Å². The molecule has 5 heteroatoms. The van der Waals surface area contributed by atoms with Gasteiger partial charge in [0.05, 0.1) is 31.8 Å². The number of rotatable bonds is 6. The largest absolute Gasteiger partial charge is 0.492 e. The molecule has 0 fully saturated rings. The maximum Gasteiger partial charge on any atom is 0.306 e. The SMILES string of the molecule is COC(=O)C[C@@H]1COc2cc(O[C@@H]3CCc4c3ccc(C#N)c4Cc3c(C)cccc3C)ccc21. The zero-order valence-electron chi connectivity index (χ0n) is 20.4. The van der Waals surface area contributed by atoms with Crippen molar-refractivity contribution in [3.8, 4) is 17.6 Å². The maximum atomic E-state index is 11.7. The first-order valence-corrected chi connectivity index (χ1v) is 12.1. The van der Waals surface area contributed by atoms with Crippen LogP contribution in [0, 0.1) is 25.2 Å². The standard InChI is InChI=1S/C30H29NO4/c1-18-5-4-6-19(2)26(18)15-27-20(16-31)7-9-25-24(27)11-12-28(25)35-22-8-10-23-21(13-30(32)33-3)17-34-29(23)14-22/h4-10,14,21,28H,11-13,15,17H2,1-3H3/t21-,28-/m1/s1. The maximum absolute atomic E-state index is 11.7. The highest BCUT2D eigenvalue weighted by Crippen LogP contribution is 2.42. The molecule has 1 heterocycles. The first kappa shape index (κ1) is 23.0. The molecule has 3 aromatic rings. The summed E-state index contributed by atoms with van der Waals surface area (Å²) in [6, 6.07) is 18.6. The van der Waals surface area contributed by atoms with Gasteiger partial charge in [-0.05, 0) is 78.6 Å². The van der Waals surface area contributed by atoms with Crippen LogP contribution in [-0.2, 0) is 22.4 Å². The number of esters is 1. The first-order chi connectivity index (χ1) is 17.0. The second-order valence-corrected chi connectivity index (χ2v) is 9.45. The van der Waals surface area contributed by atoms with Gasteiger partial charge in [0.1, 0.15) is 17.6 Å². The second kappa shape index (κ2) is 9.46. The van der Waals surface area contributed by atoms with E-state index in [1.54, 1.807) is 0 Å². The Hall–Kier alpha value is -3.78. The van der Waals surface area contributed by atoms with Gasteiger partial charge in [0.2, 0.25) is 0 Å². The number of benzene rings is 3. The molecule has 1 aliphatic carbocycles. The summed E-state index contributed by atoms with van der Waals surface area (Å²) in [6.45, 7) is 4.74. The molecule has 2 atom stereocenters. The average molecular weight is 468 g/mol. The number of aryl methyl sites for hydroxylation is 2. The summed E-state index contributed by atoms with van der Waals surface area (Å²) in [5.74, 6) is 1.30. The van der Waals surface area contributed by atoms with Gasteiger partial charge in [-0.15, -0.1) is 0 Å². The normalized spacial score (nSPS) is 17.8. The van der Waals surface area contributed by atoms with Crippen molar-refractivity contribution in [2.24, 2.45) is 0 Å². The lowest BCUT2D eigenvalue weighted by Gasteiger charge is -2.18. The van der Waals surface area contributed by atoms with E-state index in [4.69, 9.17) is 14.2 Å². The summed E-state index contributed by atoms with van der Waals surface area (Å²) < 4.78 is 17.1. The Bertz CT molecular complexity index is 1320. The fourth-order valence-corrected chi connectivity index (χ4v) is 5.42. The molecule has 0 amide bonds. The molecule has 178 valence electrons. The van der Waals surface area contributed by atoms with Crippen molar-refractivity contribution in [3.63, 3.8) is 0 Å². The van der Waals surface area contributed by atoms with E-state index in [2.05, 4.69) is 44.2 Å². The van der Waals surface area contributed by atoms with Crippen LogP contribution in [0.3, 0.4) is 0 Å². The minimum atomic E-state index is -0.234. The molecule has 3 aromatic carbocycles. The monoisotopic (exact) mass is 467 g/mol. The first-order valence-electron chi connectivity index (χ1n) is 12.1. The lowest BCUT2D eigenvalue weighted by molar-refractivity contribution is -0.141. The average Bonchev–Trinajstić information content (AvgIpc) is 3.45. The topological polar surface area (TPSA) is 68.6 Å². The zero-order chi connectivity index (χ0) is 24.5. The summed E-state index contributed by atoms with van der Waals surface area (Å²) in [5, 5.41) is 9.82. The Labute approximate surface area is 206 Å². The third-order valence-corrected chi connectivity index (χ3v) is 7.37. The highest BCUT2D eigenvalue weighted by molar-refractivity contribution is 5.71. The molecule has 0 aromatic heterocycles. The molecule has 0 saturated heterocycles. The number of hydrogen-bond donors (Lipinski definition) is 0. The smallest absolute Gasteiger partial charge is 0.306 e. The van der Waals surface area contributed by atoms with Crippen molar-refractivity contribution in [2.75, 3.05) is 13.7 Å². The van der Waals surface area contributed by atoms with E-state index in [0.717, 1.165) is 53.0 Å². The zero-order valence-corrected chi connectivity index (χ0v) is 20.4. The third-order valence-electron chi connectivity index (χ3n) is 7.37. The number of carbonyl (C=O) groups is 1. The number of methoxy groups -OCH3 is 1. The Morgan fingerprint density at radius 2 is 1.86 bits per heavy atom. The van der Waals surface area contributed by atoms with Crippen LogP contribution in [0.5, 0.6) is 11.5 Å². The lowest BCUT2D eigenvalue weighted by atomic mass is 9.89.